The van der Waals surface area contributed by atoms with Crippen LogP contribution < -0.4 is 0 Å². The molecule has 0 aliphatic rings. The van der Waals surface area contributed by atoms with Crippen LogP contribution in [0.25, 0.3) is 0 Å². The molecule has 17 heavy (non-hydrogen) atoms. The largest absolute Gasteiger partial charge is 0.481 e. The van der Waals surface area contributed by atoms with Crippen molar-refractivity contribution in [3.8, 4) is 0 Å². The maximum Gasteiger partial charge on any atom is 0.310 e. The highest BCUT2D eigenvalue weighted by Crippen LogP contribution is 1.98. The van der Waals surface area contributed by atoms with Crippen molar-refractivity contribution < 1.29 is 29.3 Å². The lowest BCUT2D eigenvalue weighted by Gasteiger charge is -2.08. The molecule has 2 N–H and O–H groups in total. The summed E-state index contributed by atoms with van der Waals surface area (Å²) in [5.74, 6) is -1.75. The summed E-state index contributed by atoms with van der Waals surface area (Å²) < 4.78 is 10.0. The maximum absolute atomic E-state index is 11.1. The molecule has 0 rings (SSSR count). The second-order valence-corrected chi connectivity index (χ2v) is 3.71. The molecule has 0 fully saturated rings. The average Bonchev–Trinajstić information content (AvgIpc) is 2.30. The lowest BCUT2D eigenvalue weighted by molar-refractivity contribution is -0.149. The second-order valence-electron chi connectivity index (χ2n) is 3.71. The number of carboxylic acids is 1. The first kappa shape index (κ1) is 15.9. The zero-order valence-corrected chi connectivity index (χ0v) is 10.1. The fourth-order valence-corrected chi connectivity index (χ4v) is 0.978. The van der Waals surface area contributed by atoms with Crippen molar-refractivity contribution in [2.45, 2.75) is 26.2 Å². The number of aliphatic hydroxyl groups excluding tert-OH is 1. The van der Waals surface area contributed by atoms with Gasteiger partial charge in [0.25, 0.3) is 0 Å². The molecular formula is C11H20O6. The van der Waals surface area contributed by atoms with Gasteiger partial charge in [-0.25, -0.2) is 0 Å². The van der Waals surface area contributed by atoms with Crippen molar-refractivity contribution in [3.05, 3.63) is 0 Å². The van der Waals surface area contributed by atoms with Crippen LogP contribution in [0, 0.1) is 5.92 Å². The van der Waals surface area contributed by atoms with Crippen LogP contribution in [0.3, 0.4) is 0 Å². The molecule has 0 aromatic rings. The molecule has 0 saturated heterocycles. The first-order valence-corrected chi connectivity index (χ1v) is 5.65. The fraction of sp³-hybridized carbons (Fsp3) is 0.818. The van der Waals surface area contributed by atoms with E-state index in [0.717, 1.165) is 0 Å². The van der Waals surface area contributed by atoms with Gasteiger partial charge in [0.2, 0.25) is 0 Å². The minimum atomic E-state index is -0.833. The molecule has 0 saturated carbocycles. The Bertz CT molecular complexity index is 228. The minimum absolute atomic E-state index is 0.100. The second kappa shape index (κ2) is 10.0. The smallest absolute Gasteiger partial charge is 0.310 e. The van der Waals surface area contributed by atoms with Crippen LogP contribution in [0.4, 0.5) is 0 Å². The van der Waals surface area contributed by atoms with Crippen LogP contribution in [0.2, 0.25) is 0 Å². The fourth-order valence-electron chi connectivity index (χ4n) is 0.978. The van der Waals surface area contributed by atoms with Crippen molar-refractivity contribution in [1.29, 1.82) is 0 Å². The Hall–Kier alpha value is -1.14. The highest BCUT2D eigenvalue weighted by Gasteiger charge is 2.12. The number of carbonyl (C=O) groups excluding carboxylic acids is 1. The maximum atomic E-state index is 11.1. The molecule has 1 atom stereocenters. The molecule has 0 radical (unpaired) electrons. The first-order valence-electron chi connectivity index (χ1n) is 5.65. The summed E-state index contributed by atoms with van der Waals surface area (Å²) in [4.78, 5) is 21.3. The molecule has 0 spiro atoms. The third-order valence-electron chi connectivity index (χ3n) is 2.03. The molecule has 0 amide bonds. The van der Waals surface area contributed by atoms with Gasteiger partial charge >= 0.3 is 11.9 Å². The molecule has 1 unspecified atom stereocenters. The molecule has 100 valence electrons. The van der Waals surface area contributed by atoms with Gasteiger partial charge in [-0.3, -0.25) is 9.59 Å². The SMILES string of the molecule is CC(CO)C(=O)OCCCOCCCC(=O)O. The number of aliphatic hydroxyl groups is 1. The van der Waals surface area contributed by atoms with Crippen molar-refractivity contribution in [2.75, 3.05) is 26.4 Å². The normalized spacial score (nSPS) is 12.1. The van der Waals surface area contributed by atoms with Gasteiger partial charge in [-0.1, -0.05) is 0 Å². The van der Waals surface area contributed by atoms with E-state index in [-0.39, 0.29) is 19.6 Å². The van der Waals surface area contributed by atoms with Gasteiger partial charge in [0.05, 0.1) is 19.1 Å². The van der Waals surface area contributed by atoms with E-state index in [9.17, 15) is 9.59 Å². The number of aliphatic carboxylic acids is 1. The molecule has 0 aliphatic heterocycles. The molecule has 0 aliphatic carbocycles. The Morgan fingerprint density at radius 3 is 2.41 bits per heavy atom. The molecule has 0 aromatic heterocycles. The van der Waals surface area contributed by atoms with Crippen molar-refractivity contribution in [1.82, 2.24) is 0 Å². The van der Waals surface area contributed by atoms with Gasteiger partial charge in [-0.05, 0) is 13.3 Å². The van der Waals surface area contributed by atoms with Crippen LogP contribution in [0.5, 0.6) is 0 Å². The Labute approximate surface area is 101 Å². The Kier molecular flexibility index (Phi) is 9.37. The topological polar surface area (TPSA) is 93.1 Å². The lowest BCUT2D eigenvalue weighted by atomic mass is 10.2. The lowest BCUT2D eigenvalue weighted by Crippen LogP contribution is -2.19. The summed E-state index contributed by atoms with van der Waals surface area (Å²) >= 11 is 0. The minimum Gasteiger partial charge on any atom is -0.481 e. The van der Waals surface area contributed by atoms with E-state index in [1.54, 1.807) is 6.92 Å². The number of carboxylic acid groups (broad SMARTS) is 1. The van der Waals surface area contributed by atoms with E-state index in [0.29, 0.717) is 26.1 Å². The Morgan fingerprint density at radius 2 is 1.82 bits per heavy atom. The number of carbonyl (C=O) groups is 2. The Morgan fingerprint density at radius 1 is 1.18 bits per heavy atom. The molecule has 6 heteroatoms. The summed E-state index contributed by atoms with van der Waals surface area (Å²) in [6, 6.07) is 0. The standard InChI is InChI=1S/C11H20O6/c1-9(8-12)11(15)17-7-3-6-16-5-2-4-10(13)14/h9,12H,2-8H2,1H3,(H,13,14). The number of hydrogen-bond acceptors (Lipinski definition) is 5. The Balaban J connectivity index is 3.24. The third-order valence-corrected chi connectivity index (χ3v) is 2.03. The van der Waals surface area contributed by atoms with E-state index in [1.165, 1.54) is 0 Å². The van der Waals surface area contributed by atoms with E-state index in [2.05, 4.69) is 0 Å². The van der Waals surface area contributed by atoms with Crippen molar-refractivity contribution >= 4 is 11.9 Å². The molecular weight excluding hydrogens is 228 g/mol. The summed E-state index contributed by atoms with van der Waals surface area (Å²) in [6.07, 6.45) is 1.15. The zero-order chi connectivity index (χ0) is 13.1. The van der Waals surface area contributed by atoms with Gasteiger partial charge in [-0.15, -0.1) is 0 Å². The number of hydrogen-bond donors (Lipinski definition) is 2. The molecule has 0 bridgehead atoms. The zero-order valence-electron chi connectivity index (χ0n) is 10.1. The van der Waals surface area contributed by atoms with Crippen molar-refractivity contribution in [2.24, 2.45) is 5.92 Å². The number of ether oxygens (including phenoxy) is 2. The van der Waals surface area contributed by atoms with Crippen LogP contribution in [-0.2, 0) is 19.1 Å². The molecule has 6 nitrogen and oxygen atoms in total. The first-order chi connectivity index (χ1) is 8.07. The predicted octanol–water partition coefficient (Wildman–Crippen LogP) is 0.429. The van der Waals surface area contributed by atoms with Crippen LogP contribution in [0.15, 0.2) is 0 Å². The summed E-state index contributed by atoms with van der Waals surface area (Å²) in [5.41, 5.74) is 0. The van der Waals surface area contributed by atoms with E-state index in [1.807, 2.05) is 0 Å². The van der Waals surface area contributed by atoms with Crippen LogP contribution in [-0.4, -0.2) is 48.6 Å². The van der Waals surface area contributed by atoms with E-state index in [4.69, 9.17) is 19.7 Å². The molecule has 0 aromatic carbocycles. The summed E-state index contributed by atoms with van der Waals surface area (Å²) in [7, 11) is 0. The highest BCUT2D eigenvalue weighted by molar-refractivity contribution is 5.72. The van der Waals surface area contributed by atoms with Gasteiger partial charge in [0.1, 0.15) is 0 Å². The predicted molar refractivity (Wildman–Crippen MR) is 59.5 cm³/mol. The van der Waals surface area contributed by atoms with Gasteiger partial charge < -0.3 is 19.7 Å². The third kappa shape index (κ3) is 9.77. The highest BCUT2D eigenvalue weighted by atomic mass is 16.5. The molecule has 0 heterocycles. The number of rotatable bonds is 10. The van der Waals surface area contributed by atoms with Crippen molar-refractivity contribution in [3.63, 3.8) is 0 Å². The quantitative estimate of drug-likeness (QED) is 0.430. The van der Waals surface area contributed by atoms with Gasteiger partial charge in [0, 0.05) is 26.1 Å². The summed E-state index contributed by atoms with van der Waals surface area (Å²) in [6.45, 7) is 2.45. The van der Waals surface area contributed by atoms with Crippen LogP contribution in [0.1, 0.15) is 26.2 Å². The van der Waals surface area contributed by atoms with E-state index >= 15 is 0 Å². The monoisotopic (exact) mass is 248 g/mol. The number of esters is 1. The van der Waals surface area contributed by atoms with Gasteiger partial charge in [-0.2, -0.15) is 0 Å². The van der Waals surface area contributed by atoms with Crippen LogP contribution >= 0.6 is 0 Å². The summed E-state index contributed by atoms with van der Waals surface area (Å²) in [5, 5.41) is 17.0. The van der Waals surface area contributed by atoms with Gasteiger partial charge in [0.15, 0.2) is 0 Å². The van der Waals surface area contributed by atoms with E-state index < -0.39 is 17.9 Å². The average molecular weight is 248 g/mol.